The number of nitrogens with zero attached hydrogens (tertiary/aromatic N) is 5. The van der Waals surface area contributed by atoms with Crippen LogP contribution in [-0.4, -0.2) is 41.6 Å². The molecule has 0 radical (unpaired) electrons. The van der Waals surface area contributed by atoms with Gasteiger partial charge in [-0.05, 0) is 49.3 Å². The van der Waals surface area contributed by atoms with Crippen LogP contribution in [0, 0.1) is 5.82 Å². The van der Waals surface area contributed by atoms with E-state index in [0.29, 0.717) is 5.92 Å². The zero-order valence-corrected chi connectivity index (χ0v) is 17.5. The van der Waals surface area contributed by atoms with Crippen LogP contribution in [0.4, 0.5) is 4.39 Å². The van der Waals surface area contributed by atoms with Crippen molar-refractivity contribution in [3.05, 3.63) is 62.8 Å². The highest BCUT2D eigenvalue weighted by atomic mass is 19.1. The van der Waals surface area contributed by atoms with Gasteiger partial charge in [0.05, 0.1) is 6.33 Å². The van der Waals surface area contributed by atoms with Gasteiger partial charge >= 0.3 is 5.69 Å². The number of carbonyl (C=O) groups is 1. The fourth-order valence-electron chi connectivity index (χ4n) is 5.34. The Morgan fingerprint density at radius 2 is 1.71 bits per heavy atom. The van der Waals surface area contributed by atoms with Gasteiger partial charge in [-0.25, -0.2) is 14.2 Å². The minimum atomic E-state index is -0.457. The maximum atomic E-state index is 13.3. The molecule has 1 amide bonds. The average Bonchev–Trinajstić information content (AvgIpc) is 3.29. The summed E-state index contributed by atoms with van der Waals surface area (Å²) >= 11 is 0. The molecule has 2 fully saturated rings. The van der Waals surface area contributed by atoms with Crippen molar-refractivity contribution in [2.45, 2.75) is 50.2 Å². The van der Waals surface area contributed by atoms with E-state index in [2.05, 4.69) is 4.98 Å². The van der Waals surface area contributed by atoms with E-state index in [1.165, 1.54) is 30.1 Å². The maximum absolute atomic E-state index is 13.3. The Labute approximate surface area is 177 Å². The van der Waals surface area contributed by atoms with E-state index in [-0.39, 0.29) is 41.5 Å². The predicted molar refractivity (Wildman–Crippen MR) is 112 cm³/mol. The Morgan fingerprint density at radius 3 is 2.35 bits per heavy atom. The van der Waals surface area contributed by atoms with Gasteiger partial charge in [-0.3, -0.25) is 18.7 Å². The number of fused-ring (bicyclic) bond motifs is 3. The van der Waals surface area contributed by atoms with Crippen LogP contribution in [-0.2, 0) is 25.4 Å². The van der Waals surface area contributed by atoms with Crippen LogP contribution >= 0.6 is 0 Å². The molecular formula is C22H24FN5O3. The summed E-state index contributed by atoms with van der Waals surface area (Å²) in [5.41, 5.74) is 0.747. The summed E-state index contributed by atoms with van der Waals surface area (Å²) in [5.74, 6) is 0.0360. The lowest BCUT2D eigenvalue weighted by Gasteiger charge is -2.39. The summed E-state index contributed by atoms with van der Waals surface area (Å²) in [6, 6.07) is 6.95. The molecule has 0 spiro atoms. The van der Waals surface area contributed by atoms with Crippen LogP contribution in [0.1, 0.15) is 37.2 Å². The maximum Gasteiger partial charge on any atom is 0.332 e. The third kappa shape index (κ3) is 3.10. The largest absolute Gasteiger partial charge is 0.335 e. The van der Waals surface area contributed by atoms with E-state index in [1.54, 1.807) is 11.6 Å². The third-order valence-electron chi connectivity index (χ3n) is 6.89. The van der Waals surface area contributed by atoms with Gasteiger partial charge in [-0.1, -0.05) is 12.1 Å². The fourth-order valence-corrected chi connectivity index (χ4v) is 5.34. The van der Waals surface area contributed by atoms with E-state index < -0.39 is 11.2 Å². The molecule has 5 rings (SSSR count). The fraction of sp³-hybridized carbons (Fsp3) is 0.455. The molecule has 4 heterocycles. The van der Waals surface area contributed by atoms with Gasteiger partial charge in [0.15, 0.2) is 11.2 Å². The first-order valence-corrected chi connectivity index (χ1v) is 10.5. The summed E-state index contributed by atoms with van der Waals surface area (Å²) in [6.45, 7) is 0.0121. The quantitative estimate of drug-likeness (QED) is 0.637. The molecule has 2 aliphatic heterocycles. The Kier molecular flexibility index (Phi) is 4.56. The van der Waals surface area contributed by atoms with E-state index in [1.807, 2.05) is 17.0 Å². The minimum Gasteiger partial charge on any atom is -0.335 e. The molecule has 2 aromatic heterocycles. The molecule has 2 atom stereocenters. The van der Waals surface area contributed by atoms with Gasteiger partial charge < -0.3 is 9.47 Å². The Balaban J connectivity index is 1.39. The van der Waals surface area contributed by atoms with Gasteiger partial charge in [-0.2, -0.15) is 0 Å². The Bertz CT molecular complexity index is 1280. The van der Waals surface area contributed by atoms with Crippen molar-refractivity contribution < 1.29 is 9.18 Å². The van der Waals surface area contributed by atoms with Crippen LogP contribution < -0.4 is 11.2 Å². The molecule has 31 heavy (non-hydrogen) atoms. The van der Waals surface area contributed by atoms with E-state index >= 15 is 0 Å². The van der Waals surface area contributed by atoms with E-state index in [4.69, 9.17) is 0 Å². The number of halogens is 1. The van der Waals surface area contributed by atoms with E-state index in [9.17, 15) is 18.8 Å². The first-order valence-electron chi connectivity index (χ1n) is 10.5. The summed E-state index contributed by atoms with van der Waals surface area (Å²) < 4.78 is 17.2. The van der Waals surface area contributed by atoms with Crippen molar-refractivity contribution in [3.8, 4) is 0 Å². The SMILES string of the molecule is Cn1c(=O)c2c(ncn2CC(=O)N2C3CCC2CC(c2ccc(F)cc2)C3)n(C)c1=O. The number of hydrogen-bond donors (Lipinski definition) is 0. The van der Waals surface area contributed by atoms with Crippen LogP contribution in [0.2, 0.25) is 0 Å². The number of amides is 1. The van der Waals surface area contributed by atoms with Crippen LogP contribution in [0.5, 0.6) is 0 Å². The number of aromatic nitrogens is 4. The van der Waals surface area contributed by atoms with Crippen molar-refractivity contribution in [2.75, 3.05) is 0 Å². The zero-order valence-electron chi connectivity index (χ0n) is 17.5. The number of carbonyl (C=O) groups excluding carboxylic acids is 1. The standard InChI is InChI=1S/C22H24FN5O3/c1-25-20-19(21(30)26(2)22(25)31)27(12-24-20)11-18(29)28-16-7-8-17(28)10-14(9-16)13-3-5-15(23)6-4-13/h3-6,12,14,16-17H,7-11H2,1-2H3. The summed E-state index contributed by atoms with van der Waals surface area (Å²) in [4.78, 5) is 44.2. The van der Waals surface area contributed by atoms with Crippen LogP contribution in [0.3, 0.4) is 0 Å². The number of aryl methyl sites for hydroxylation is 1. The highest BCUT2D eigenvalue weighted by Gasteiger charge is 2.43. The normalized spacial score (nSPS) is 22.9. The van der Waals surface area contributed by atoms with Crippen molar-refractivity contribution in [3.63, 3.8) is 0 Å². The van der Waals surface area contributed by atoms with Gasteiger partial charge in [-0.15, -0.1) is 0 Å². The summed E-state index contributed by atoms with van der Waals surface area (Å²) in [5, 5.41) is 0. The Morgan fingerprint density at radius 1 is 1.06 bits per heavy atom. The summed E-state index contributed by atoms with van der Waals surface area (Å²) in [7, 11) is 2.98. The molecule has 1 aromatic carbocycles. The summed E-state index contributed by atoms with van der Waals surface area (Å²) in [6.07, 6.45) is 5.07. The number of imidazole rings is 1. The molecule has 0 saturated carbocycles. The minimum absolute atomic E-state index is 0.0121. The first kappa shape index (κ1) is 19.7. The van der Waals surface area contributed by atoms with Crippen molar-refractivity contribution in [2.24, 2.45) is 14.1 Å². The highest BCUT2D eigenvalue weighted by molar-refractivity contribution is 5.80. The van der Waals surface area contributed by atoms with Gasteiger partial charge in [0.1, 0.15) is 12.4 Å². The lowest BCUT2D eigenvalue weighted by Crippen LogP contribution is -2.47. The highest BCUT2D eigenvalue weighted by Crippen LogP contribution is 2.43. The predicted octanol–water partition coefficient (Wildman–Crippen LogP) is 1.51. The van der Waals surface area contributed by atoms with Crippen LogP contribution in [0.25, 0.3) is 11.2 Å². The van der Waals surface area contributed by atoms with Crippen molar-refractivity contribution in [1.29, 1.82) is 0 Å². The first-order chi connectivity index (χ1) is 14.8. The lowest BCUT2D eigenvalue weighted by atomic mass is 9.85. The molecule has 2 aliphatic rings. The van der Waals surface area contributed by atoms with Crippen molar-refractivity contribution >= 4 is 17.1 Å². The third-order valence-corrected chi connectivity index (χ3v) is 6.89. The molecule has 2 bridgehead atoms. The zero-order chi connectivity index (χ0) is 21.9. The lowest BCUT2D eigenvalue weighted by molar-refractivity contribution is -0.136. The molecule has 9 heteroatoms. The molecule has 2 unspecified atom stereocenters. The van der Waals surface area contributed by atoms with Crippen LogP contribution in [0.15, 0.2) is 40.2 Å². The molecule has 0 N–H and O–H groups in total. The second-order valence-corrected chi connectivity index (χ2v) is 8.66. The molecule has 3 aromatic rings. The van der Waals surface area contributed by atoms with E-state index in [0.717, 1.165) is 35.8 Å². The van der Waals surface area contributed by atoms with Gasteiger partial charge in [0, 0.05) is 26.2 Å². The number of hydrogen-bond acceptors (Lipinski definition) is 4. The molecule has 0 aliphatic carbocycles. The topological polar surface area (TPSA) is 82.1 Å². The molecule has 162 valence electrons. The number of rotatable bonds is 3. The second-order valence-electron chi connectivity index (χ2n) is 8.66. The number of benzene rings is 1. The smallest absolute Gasteiger partial charge is 0.332 e. The molecule has 2 saturated heterocycles. The van der Waals surface area contributed by atoms with Crippen molar-refractivity contribution in [1.82, 2.24) is 23.6 Å². The number of piperidine rings is 1. The Hall–Kier alpha value is -3.23. The monoisotopic (exact) mass is 425 g/mol. The molecular weight excluding hydrogens is 401 g/mol. The van der Waals surface area contributed by atoms with Gasteiger partial charge in [0.2, 0.25) is 5.91 Å². The van der Waals surface area contributed by atoms with Gasteiger partial charge in [0.25, 0.3) is 5.56 Å². The second kappa shape index (κ2) is 7.18. The average molecular weight is 425 g/mol. The molecule has 8 nitrogen and oxygen atoms in total.